The predicted molar refractivity (Wildman–Crippen MR) is 147 cm³/mol. The maximum atomic E-state index is 13.5. The van der Waals surface area contributed by atoms with Crippen molar-refractivity contribution in [1.29, 1.82) is 0 Å². The molecule has 3 rings (SSSR count). The van der Waals surface area contributed by atoms with Crippen molar-refractivity contribution in [2.45, 2.75) is 19.1 Å². The van der Waals surface area contributed by atoms with Gasteiger partial charge in [0.05, 0.1) is 32.9 Å². The normalized spacial score (nSPS) is 11.2. The molecular formula is C28H32F3N3O5S. The third-order valence-electron chi connectivity index (χ3n) is 6.02. The van der Waals surface area contributed by atoms with Gasteiger partial charge in [-0.05, 0) is 53.8 Å². The van der Waals surface area contributed by atoms with Crippen LogP contribution < -0.4 is 14.8 Å². The summed E-state index contributed by atoms with van der Waals surface area (Å²) in [5, 5.41) is 4.39. The minimum atomic E-state index is -4.55. The van der Waals surface area contributed by atoms with Crippen LogP contribution in [0.5, 0.6) is 11.5 Å². The van der Waals surface area contributed by atoms with Crippen molar-refractivity contribution in [3.8, 4) is 11.5 Å². The van der Waals surface area contributed by atoms with Crippen LogP contribution in [0.25, 0.3) is 0 Å². The molecule has 12 heteroatoms. The zero-order chi connectivity index (χ0) is 29.1. The maximum absolute atomic E-state index is 13.5. The number of nitrogens with one attached hydrogen (secondary N) is 1. The molecule has 2 aromatic carbocycles. The lowest BCUT2D eigenvalue weighted by atomic mass is 10.1. The summed E-state index contributed by atoms with van der Waals surface area (Å²) in [4.78, 5) is 30.4. The number of urea groups is 1. The summed E-state index contributed by atoms with van der Waals surface area (Å²) in [6.45, 7) is 0.623. The molecule has 0 radical (unpaired) electrons. The molecule has 216 valence electrons. The number of anilines is 1. The molecule has 0 saturated heterocycles. The number of benzene rings is 2. The van der Waals surface area contributed by atoms with Gasteiger partial charge in [0.2, 0.25) is 5.91 Å². The van der Waals surface area contributed by atoms with Gasteiger partial charge in [0, 0.05) is 30.8 Å². The second-order valence-electron chi connectivity index (χ2n) is 8.76. The first-order chi connectivity index (χ1) is 19.1. The Morgan fingerprint density at radius 1 is 0.925 bits per heavy atom. The van der Waals surface area contributed by atoms with Crippen molar-refractivity contribution in [3.63, 3.8) is 0 Å². The first-order valence-electron chi connectivity index (χ1n) is 12.4. The molecule has 1 aromatic heterocycles. The Bertz CT molecular complexity index is 1250. The lowest BCUT2D eigenvalue weighted by Gasteiger charge is -2.28. The van der Waals surface area contributed by atoms with Crippen molar-refractivity contribution < 1.29 is 37.0 Å². The van der Waals surface area contributed by atoms with E-state index in [4.69, 9.17) is 14.2 Å². The van der Waals surface area contributed by atoms with Gasteiger partial charge in [-0.3, -0.25) is 4.79 Å². The standard InChI is InChI=1S/C28H32F3N3O5S/c1-37-14-13-34(27(36)32-22-7-4-6-21(17-22)28(29,30)31)19-26(35)33(18-23-8-5-15-40-23)12-11-20-9-10-24(38-2)25(16-20)39-3/h4-10,15-17H,11-14,18-19H2,1-3H3,(H,32,36). The third kappa shape index (κ3) is 8.88. The van der Waals surface area contributed by atoms with Crippen LogP contribution in [-0.4, -0.2) is 69.3 Å². The number of alkyl halides is 3. The van der Waals surface area contributed by atoms with Crippen LogP contribution in [0.2, 0.25) is 0 Å². The highest BCUT2D eigenvalue weighted by Gasteiger charge is 2.31. The Kier molecular flexibility index (Phi) is 11.2. The third-order valence-corrected chi connectivity index (χ3v) is 6.88. The number of hydrogen-bond donors (Lipinski definition) is 1. The molecule has 1 N–H and O–H groups in total. The van der Waals surface area contributed by atoms with E-state index in [1.54, 1.807) is 25.2 Å². The summed E-state index contributed by atoms with van der Waals surface area (Å²) in [5.74, 6) is 0.857. The van der Waals surface area contributed by atoms with Gasteiger partial charge in [-0.15, -0.1) is 11.3 Å². The predicted octanol–water partition coefficient (Wildman–Crippen LogP) is 5.54. The van der Waals surface area contributed by atoms with Gasteiger partial charge in [0.25, 0.3) is 0 Å². The zero-order valence-electron chi connectivity index (χ0n) is 22.5. The highest BCUT2D eigenvalue weighted by Crippen LogP contribution is 2.31. The molecule has 1 heterocycles. The van der Waals surface area contributed by atoms with Crippen molar-refractivity contribution in [1.82, 2.24) is 9.80 Å². The maximum Gasteiger partial charge on any atom is 0.416 e. The van der Waals surface area contributed by atoms with Crippen molar-refractivity contribution in [3.05, 3.63) is 76.0 Å². The van der Waals surface area contributed by atoms with Crippen molar-refractivity contribution in [2.24, 2.45) is 0 Å². The number of hydrogen-bond acceptors (Lipinski definition) is 6. The molecule has 0 saturated carbocycles. The van der Waals surface area contributed by atoms with Crippen LogP contribution in [0, 0.1) is 0 Å². The second-order valence-corrected chi connectivity index (χ2v) is 9.79. The summed E-state index contributed by atoms with van der Waals surface area (Å²) in [7, 11) is 4.56. The lowest BCUT2D eigenvalue weighted by molar-refractivity contribution is -0.137. The van der Waals surface area contributed by atoms with E-state index in [9.17, 15) is 22.8 Å². The molecule has 0 fully saturated rings. The van der Waals surface area contributed by atoms with Gasteiger partial charge in [0.15, 0.2) is 11.5 Å². The van der Waals surface area contributed by atoms with Crippen LogP contribution in [-0.2, 0) is 28.7 Å². The van der Waals surface area contributed by atoms with Crippen molar-refractivity contribution >= 4 is 29.0 Å². The zero-order valence-corrected chi connectivity index (χ0v) is 23.3. The lowest BCUT2D eigenvalue weighted by Crippen LogP contribution is -2.46. The van der Waals surface area contributed by atoms with E-state index in [0.29, 0.717) is 31.0 Å². The first kappa shape index (κ1) is 30.8. The molecule has 3 amide bonds. The Morgan fingerprint density at radius 3 is 2.35 bits per heavy atom. The Morgan fingerprint density at radius 2 is 1.70 bits per heavy atom. The molecule has 0 aliphatic rings. The van der Waals surface area contributed by atoms with Crippen LogP contribution in [0.3, 0.4) is 0 Å². The molecule has 8 nitrogen and oxygen atoms in total. The fraction of sp³-hybridized carbons (Fsp3) is 0.357. The number of nitrogens with zero attached hydrogens (tertiary/aromatic N) is 2. The average molecular weight is 580 g/mol. The van der Waals surface area contributed by atoms with Gasteiger partial charge >= 0.3 is 12.2 Å². The molecule has 0 aliphatic heterocycles. The minimum absolute atomic E-state index is 0.0291. The Balaban J connectivity index is 1.75. The van der Waals surface area contributed by atoms with Gasteiger partial charge < -0.3 is 29.3 Å². The topological polar surface area (TPSA) is 80.3 Å². The fourth-order valence-corrected chi connectivity index (χ4v) is 4.60. The summed E-state index contributed by atoms with van der Waals surface area (Å²) in [6.07, 6.45) is -4.03. The summed E-state index contributed by atoms with van der Waals surface area (Å²) in [5.41, 5.74) is 0.0147. The highest BCUT2D eigenvalue weighted by molar-refractivity contribution is 7.09. The number of thiophene rings is 1. The van der Waals surface area contributed by atoms with Crippen LogP contribution >= 0.6 is 11.3 Å². The van der Waals surface area contributed by atoms with Gasteiger partial charge in [-0.25, -0.2) is 4.79 Å². The Hall–Kier alpha value is -3.77. The van der Waals surface area contributed by atoms with E-state index in [2.05, 4.69) is 5.32 Å². The van der Waals surface area contributed by atoms with E-state index < -0.39 is 17.8 Å². The monoisotopic (exact) mass is 579 g/mol. The van der Waals surface area contributed by atoms with Gasteiger partial charge in [0.1, 0.15) is 6.54 Å². The average Bonchev–Trinajstić information content (AvgIpc) is 3.45. The Labute approximate surface area is 235 Å². The number of amides is 3. The van der Waals surface area contributed by atoms with E-state index in [1.165, 1.54) is 35.5 Å². The largest absolute Gasteiger partial charge is 0.493 e. The number of methoxy groups -OCH3 is 3. The summed E-state index contributed by atoms with van der Waals surface area (Å²) >= 11 is 1.51. The van der Waals surface area contributed by atoms with E-state index in [0.717, 1.165) is 22.6 Å². The molecule has 0 unspecified atom stereocenters. The van der Waals surface area contributed by atoms with Crippen LogP contribution in [0.4, 0.5) is 23.7 Å². The molecule has 0 atom stereocenters. The fourth-order valence-electron chi connectivity index (χ4n) is 3.88. The first-order valence-corrected chi connectivity index (χ1v) is 13.3. The summed E-state index contributed by atoms with van der Waals surface area (Å²) < 4.78 is 55.1. The molecule has 0 spiro atoms. The molecule has 0 aliphatic carbocycles. The van der Waals surface area contributed by atoms with Crippen LogP contribution in [0.15, 0.2) is 60.0 Å². The van der Waals surface area contributed by atoms with E-state index >= 15 is 0 Å². The smallest absolute Gasteiger partial charge is 0.416 e. The number of carbonyl (C=O) groups is 2. The number of rotatable bonds is 13. The molecule has 0 bridgehead atoms. The van der Waals surface area contributed by atoms with E-state index in [-0.39, 0.29) is 31.3 Å². The number of carbonyl (C=O) groups excluding carboxylic acids is 2. The summed E-state index contributed by atoms with van der Waals surface area (Å²) in [6, 6.07) is 13.0. The number of halogens is 3. The minimum Gasteiger partial charge on any atom is -0.493 e. The molecule has 40 heavy (non-hydrogen) atoms. The van der Waals surface area contributed by atoms with Gasteiger partial charge in [-0.1, -0.05) is 18.2 Å². The van der Waals surface area contributed by atoms with Crippen molar-refractivity contribution in [2.75, 3.05) is 52.9 Å². The van der Waals surface area contributed by atoms with E-state index in [1.807, 2.05) is 29.6 Å². The molecular weight excluding hydrogens is 547 g/mol. The highest BCUT2D eigenvalue weighted by atomic mass is 32.1. The quantitative estimate of drug-likeness (QED) is 0.288. The SMILES string of the molecule is COCCN(CC(=O)N(CCc1ccc(OC)c(OC)c1)Cc1cccs1)C(=O)Nc1cccc(C(F)(F)F)c1. The second kappa shape index (κ2) is 14.6. The number of ether oxygens (including phenoxy) is 3. The van der Waals surface area contributed by atoms with Crippen LogP contribution in [0.1, 0.15) is 16.0 Å². The van der Waals surface area contributed by atoms with Gasteiger partial charge in [-0.2, -0.15) is 13.2 Å². The molecule has 3 aromatic rings.